The van der Waals surface area contributed by atoms with Gasteiger partial charge in [-0.15, -0.1) is 0 Å². The van der Waals surface area contributed by atoms with E-state index >= 15 is 0 Å². The summed E-state index contributed by atoms with van der Waals surface area (Å²) in [6.07, 6.45) is 1.70. The summed E-state index contributed by atoms with van der Waals surface area (Å²) < 4.78 is 0. The van der Waals surface area contributed by atoms with E-state index in [1.165, 1.54) is 4.90 Å². The number of likely N-dealkylation sites (N-methyl/N-ethyl adjacent to an activating group) is 1. The van der Waals surface area contributed by atoms with Gasteiger partial charge in [0, 0.05) is 18.6 Å². The molecule has 1 fully saturated rings. The molecule has 1 saturated carbocycles. The zero-order chi connectivity index (χ0) is 16.0. The smallest absolute Gasteiger partial charge is 0.318 e. The van der Waals surface area contributed by atoms with Crippen molar-refractivity contribution in [3.05, 3.63) is 0 Å². The zero-order valence-electron chi connectivity index (χ0n) is 12.9. The Balaban J connectivity index is 2.45. The van der Waals surface area contributed by atoms with E-state index in [2.05, 4.69) is 10.6 Å². The first kappa shape index (κ1) is 17.3. The Morgan fingerprint density at radius 1 is 1.29 bits per heavy atom. The van der Waals surface area contributed by atoms with Crippen LogP contribution in [0.5, 0.6) is 0 Å². The van der Waals surface area contributed by atoms with Gasteiger partial charge in [0.1, 0.15) is 6.54 Å². The Morgan fingerprint density at radius 3 is 2.43 bits per heavy atom. The number of aliphatic carboxylic acids is 1. The lowest BCUT2D eigenvalue weighted by atomic mass is 10.1. The molecule has 1 rings (SSSR count). The Kier molecular flexibility index (Phi) is 6.45. The summed E-state index contributed by atoms with van der Waals surface area (Å²) in [6, 6.07) is -0.404. The van der Waals surface area contributed by atoms with Crippen molar-refractivity contribution in [2.45, 2.75) is 52.1 Å². The first-order valence-corrected chi connectivity index (χ1v) is 7.41. The average Bonchev–Trinajstić information content (AvgIpc) is 2.83. The summed E-state index contributed by atoms with van der Waals surface area (Å²) >= 11 is 0. The molecule has 0 spiro atoms. The van der Waals surface area contributed by atoms with Gasteiger partial charge in [0.15, 0.2) is 0 Å². The summed E-state index contributed by atoms with van der Waals surface area (Å²) in [4.78, 5) is 36.1. The molecule has 0 unspecified atom stereocenters. The van der Waals surface area contributed by atoms with E-state index in [9.17, 15) is 14.4 Å². The highest BCUT2D eigenvalue weighted by atomic mass is 16.4. The fraction of sp³-hybridized carbons (Fsp3) is 0.786. The van der Waals surface area contributed by atoms with Crippen molar-refractivity contribution in [2.75, 3.05) is 13.1 Å². The van der Waals surface area contributed by atoms with Crippen LogP contribution >= 0.6 is 0 Å². The molecule has 0 heterocycles. The molecule has 21 heavy (non-hydrogen) atoms. The van der Waals surface area contributed by atoms with Crippen LogP contribution in [0.15, 0.2) is 0 Å². The highest BCUT2D eigenvalue weighted by Gasteiger charge is 2.31. The van der Waals surface area contributed by atoms with Gasteiger partial charge in [-0.25, -0.2) is 4.79 Å². The summed E-state index contributed by atoms with van der Waals surface area (Å²) in [5, 5.41) is 14.5. The molecule has 0 aromatic heterocycles. The fourth-order valence-corrected chi connectivity index (χ4v) is 2.47. The second kappa shape index (κ2) is 7.85. The number of nitrogens with one attached hydrogen (secondary N) is 2. The van der Waals surface area contributed by atoms with E-state index in [4.69, 9.17) is 5.11 Å². The Bertz CT molecular complexity index is 398. The van der Waals surface area contributed by atoms with Crippen LogP contribution in [-0.2, 0) is 9.59 Å². The minimum absolute atomic E-state index is 0.00952. The van der Waals surface area contributed by atoms with Gasteiger partial charge in [-0.1, -0.05) is 0 Å². The molecule has 2 atom stereocenters. The average molecular weight is 299 g/mol. The molecule has 1 aliphatic carbocycles. The highest BCUT2D eigenvalue weighted by Crippen LogP contribution is 2.25. The molecule has 7 nitrogen and oxygen atoms in total. The van der Waals surface area contributed by atoms with Gasteiger partial charge in [-0.2, -0.15) is 0 Å². The van der Waals surface area contributed by atoms with Crippen molar-refractivity contribution in [1.82, 2.24) is 15.5 Å². The molecule has 0 aromatic carbocycles. The Hall–Kier alpha value is -1.79. The lowest BCUT2D eigenvalue weighted by Crippen LogP contribution is -2.48. The number of carboxylic acid groups (broad SMARTS) is 1. The first-order chi connectivity index (χ1) is 9.83. The number of hydrogen-bond donors (Lipinski definition) is 3. The van der Waals surface area contributed by atoms with Crippen molar-refractivity contribution in [2.24, 2.45) is 5.92 Å². The van der Waals surface area contributed by atoms with Gasteiger partial charge in [0.2, 0.25) is 5.91 Å². The van der Waals surface area contributed by atoms with E-state index in [0.717, 1.165) is 0 Å². The standard InChI is InChI=1S/C14H25N3O4/c1-4-17(8-12(18)15-9(2)3)14(21)16-11-6-5-10(7-11)13(19)20/h9-11H,4-8H2,1-3H3,(H,15,18)(H,16,21)(H,19,20)/t10-,11+/m1/s1. The van der Waals surface area contributed by atoms with Crippen LogP contribution in [0.2, 0.25) is 0 Å². The predicted octanol–water partition coefficient (Wildman–Crippen LogP) is 0.796. The third-order valence-electron chi connectivity index (χ3n) is 3.56. The maximum absolute atomic E-state index is 12.1. The molecule has 0 aliphatic heterocycles. The van der Waals surface area contributed by atoms with Crippen molar-refractivity contribution in [3.8, 4) is 0 Å². The second-order valence-electron chi connectivity index (χ2n) is 5.73. The summed E-state index contributed by atoms with van der Waals surface area (Å²) in [5.74, 6) is -1.39. The first-order valence-electron chi connectivity index (χ1n) is 7.41. The molecule has 0 radical (unpaired) electrons. The van der Waals surface area contributed by atoms with Crippen molar-refractivity contribution >= 4 is 17.9 Å². The van der Waals surface area contributed by atoms with Gasteiger partial charge in [0.25, 0.3) is 0 Å². The lowest BCUT2D eigenvalue weighted by Gasteiger charge is -2.23. The molecular weight excluding hydrogens is 274 g/mol. The van der Waals surface area contributed by atoms with Crippen LogP contribution in [0.1, 0.15) is 40.0 Å². The fourth-order valence-electron chi connectivity index (χ4n) is 2.47. The number of amides is 3. The van der Waals surface area contributed by atoms with E-state index < -0.39 is 5.97 Å². The van der Waals surface area contributed by atoms with Crippen molar-refractivity contribution in [3.63, 3.8) is 0 Å². The van der Waals surface area contributed by atoms with Gasteiger partial charge < -0.3 is 20.6 Å². The normalized spacial score (nSPS) is 21.1. The number of hydrogen-bond acceptors (Lipinski definition) is 3. The number of nitrogens with zero attached hydrogens (tertiary/aromatic N) is 1. The number of urea groups is 1. The van der Waals surface area contributed by atoms with Crippen LogP contribution in [0.25, 0.3) is 0 Å². The minimum atomic E-state index is -0.810. The van der Waals surface area contributed by atoms with E-state index in [0.29, 0.717) is 25.8 Å². The predicted molar refractivity (Wildman–Crippen MR) is 77.8 cm³/mol. The van der Waals surface area contributed by atoms with E-state index in [1.54, 1.807) is 6.92 Å². The van der Waals surface area contributed by atoms with Crippen molar-refractivity contribution < 1.29 is 19.5 Å². The van der Waals surface area contributed by atoms with Crippen LogP contribution in [-0.4, -0.2) is 53.1 Å². The topological polar surface area (TPSA) is 98.7 Å². The Labute approximate surface area is 125 Å². The molecule has 0 saturated heterocycles. The molecular formula is C14H25N3O4. The largest absolute Gasteiger partial charge is 0.481 e. The van der Waals surface area contributed by atoms with Gasteiger partial charge in [-0.3, -0.25) is 9.59 Å². The SMILES string of the molecule is CCN(CC(=O)NC(C)C)C(=O)N[C@H]1CC[C@@H](C(=O)O)C1. The maximum Gasteiger partial charge on any atom is 0.318 e. The molecule has 1 aliphatic rings. The van der Waals surface area contributed by atoms with E-state index in [-0.39, 0.29) is 36.5 Å². The molecule has 3 amide bonds. The van der Waals surface area contributed by atoms with Crippen LogP contribution in [0.4, 0.5) is 4.79 Å². The third-order valence-corrected chi connectivity index (χ3v) is 3.56. The van der Waals surface area contributed by atoms with E-state index in [1.807, 2.05) is 13.8 Å². The van der Waals surface area contributed by atoms with Crippen LogP contribution < -0.4 is 10.6 Å². The number of carbonyl (C=O) groups excluding carboxylic acids is 2. The van der Waals surface area contributed by atoms with Crippen LogP contribution in [0.3, 0.4) is 0 Å². The summed E-state index contributed by atoms with van der Waals surface area (Å²) in [6.45, 7) is 5.95. The quantitative estimate of drug-likeness (QED) is 0.675. The maximum atomic E-state index is 12.1. The minimum Gasteiger partial charge on any atom is -0.481 e. The second-order valence-corrected chi connectivity index (χ2v) is 5.73. The third kappa shape index (κ3) is 5.61. The van der Waals surface area contributed by atoms with Gasteiger partial charge in [0.05, 0.1) is 5.92 Å². The number of carboxylic acids is 1. The number of rotatable bonds is 6. The molecule has 3 N–H and O–H groups in total. The lowest BCUT2D eigenvalue weighted by molar-refractivity contribution is -0.141. The molecule has 7 heteroatoms. The van der Waals surface area contributed by atoms with Gasteiger partial charge in [-0.05, 0) is 40.0 Å². The summed E-state index contributed by atoms with van der Waals surface area (Å²) in [7, 11) is 0. The van der Waals surface area contributed by atoms with Crippen LogP contribution in [0, 0.1) is 5.92 Å². The molecule has 0 bridgehead atoms. The van der Waals surface area contributed by atoms with Crippen molar-refractivity contribution in [1.29, 1.82) is 0 Å². The monoisotopic (exact) mass is 299 g/mol. The summed E-state index contributed by atoms with van der Waals surface area (Å²) in [5.41, 5.74) is 0. The number of carbonyl (C=O) groups is 3. The zero-order valence-corrected chi connectivity index (χ0v) is 12.9. The molecule has 120 valence electrons. The highest BCUT2D eigenvalue weighted by molar-refractivity contribution is 5.84. The Morgan fingerprint density at radius 2 is 1.95 bits per heavy atom. The van der Waals surface area contributed by atoms with Gasteiger partial charge >= 0.3 is 12.0 Å². The molecule has 0 aromatic rings.